The Hall–Kier alpha value is 0.0700. The summed E-state index contributed by atoms with van der Waals surface area (Å²) in [5.74, 6) is 0. The van der Waals surface area contributed by atoms with E-state index in [1.54, 1.807) is 0 Å². The predicted molar refractivity (Wildman–Crippen MR) is 120 cm³/mol. The Morgan fingerprint density at radius 1 is 0.679 bits per heavy atom. The molecule has 0 saturated heterocycles. The second-order valence-corrected chi connectivity index (χ2v) is 10.2. The average Bonchev–Trinajstić information content (AvgIpc) is 2.64. The summed E-state index contributed by atoms with van der Waals surface area (Å²) in [5.41, 5.74) is 0. The van der Waals surface area contributed by atoms with Gasteiger partial charge in [-0.05, 0) is 13.3 Å². The van der Waals surface area contributed by atoms with Crippen LogP contribution in [-0.2, 0) is 13.6 Å². The van der Waals surface area contributed by atoms with Gasteiger partial charge in [0.05, 0.1) is 27.2 Å². The van der Waals surface area contributed by atoms with Gasteiger partial charge in [-0.3, -0.25) is 9.05 Å². The summed E-state index contributed by atoms with van der Waals surface area (Å²) in [6, 6.07) is 0. The number of hydrogen-bond donors (Lipinski definition) is 1. The Labute approximate surface area is 175 Å². The minimum atomic E-state index is -3.89. The van der Waals surface area contributed by atoms with Crippen LogP contribution in [0.5, 0.6) is 0 Å². The van der Waals surface area contributed by atoms with E-state index in [1.807, 2.05) is 0 Å². The molecule has 0 spiro atoms. The Morgan fingerprint density at radius 3 is 1.50 bits per heavy atom. The van der Waals surface area contributed by atoms with Gasteiger partial charge in [-0.15, -0.1) is 0 Å². The summed E-state index contributed by atoms with van der Waals surface area (Å²) in [7, 11) is 0.256. The smallest absolute Gasteiger partial charge is 0.327 e. The molecule has 0 saturated carbocycles. The molecule has 0 fully saturated rings. The van der Waals surface area contributed by atoms with Crippen molar-refractivity contribution in [3.8, 4) is 0 Å². The van der Waals surface area contributed by atoms with Crippen molar-refractivity contribution in [2.24, 2.45) is 0 Å². The van der Waals surface area contributed by atoms with E-state index >= 15 is 0 Å². The van der Waals surface area contributed by atoms with Gasteiger partial charge in [-0.25, -0.2) is 4.57 Å². The molecule has 0 amide bonds. The topological polar surface area (TPSA) is 55.8 Å². The van der Waals surface area contributed by atoms with Crippen molar-refractivity contribution in [2.75, 3.05) is 40.4 Å². The summed E-state index contributed by atoms with van der Waals surface area (Å²) in [6.07, 6.45) is 18.1. The number of likely N-dealkylation sites (N-methyl/N-ethyl adjacent to an activating group) is 1. The van der Waals surface area contributed by atoms with Gasteiger partial charge >= 0.3 is 7.82 Å². The van der Waals surface area contributed by atoms with Gasteiger partial charge in [0, 0.05) is 0 Å². The zero-order chi connectivity index (χ0) is 21.1. The number of nitrogens with zero attached hydrogens (tertiary/aromatic N) is 1. The van der Waals surface area contributed by atoms with E-state index < -0.39 is 7.82 Å². The Bertz CT molecular complexity index is 391. The van der Waals surface area contributed by atoms with Gasteiger partial charge in [-0.2, -0.15) is 0 Å². The van der Waals surface area contributed by atoms with E-state index in [0.29, 0.717) is 13.2 Å². The van der Waals surface area contributed by atoms with E-state index in [1.165, 1.54) is 77.0 Å². The molecular weight excluding hydrogens is 373 g/mol. The first kappa shape index (κ1) is 28.1. The Balaban J connectivity index is 3.37. The summed E-state index contributed by atoms with van der Waals surface area (Å²) >= 11 is 0. The van der Waals surface area contributed by atoms with Crippen LogP contribution in [0.25, 0.3) is 0 Å². The summed E-state index contributed by atoms with van der Waals surface area (Å²) in [5, 5.41) is 0. The summed E-state index contributed by atoms with van der Waals surface area (Å²) < 4.78 is 22.7. The highest BCUT2D eigenvalue weighted by Crippen LogP contribution is 2.43. The van der Waals surface area contributed by atoms with Gasteiger partial charge in [0.15, 0.2) is 0 Å². The molecule has 0 aromatic heterocycles. The maximum atomic E-state index is 11.8. The van der Waals surface area contributed by atoms with Gasteiger partial charge in [0.1, 0.15) is 13.2 Å². The second kappa shape index (κ2) is 17.9. The van der Waals surface area contributed by atoms with Crippen molar-refractivity contribution in [1.29, 1.82) is 0 Å². The summed E-state index contributed by atoms with van der Waals surface area (Å²) in [4.78, 5) is 9.69. The molecule has 28 heavy (non-hydrogen) atoms. The van der Waals surface area contributed by atoms with E-state index in [-0.39, 0.29) is 6.61 Å². The van der Waals surface area contributed by atoms with Crippen molar-refractivity contribution in [3.63, 3.8) is 0 Å². The van der Waals surface area contributed by atoms with Crippen LogP contribution in [0.15, 0.2) is 0 Å². The third kappa shape index (κ3) is 19.4. The number of rotatable bonds is 21. The number of phosphoric acid groups is 1. The third-order valence-corrected chi connectivity index (χ3v) is 6.58. The molecular formula is C22H49NO4P+. The lowest BCUT2D eigenvalue weighted by Crippen LogP contribution is -2.41. The van der Waals surface area contributed by atoms with E-state index in [9.17, 15) is 9.46 Å². The molecule has 0 aliphatic heterocycles. The van der Waals surface area contributed by atoms with Gasteiger partial charge in [-0.1, -0.05) is 90.4 Å². The first-order chi connectivity index (χ1) is 13.3. The zero-order valence-corrected chi connectivity index (χ0v) is 20.2. The van der Waals surface area contributed by atoms with Crippen molar-refractivity contribution in [3.05, 3.63) is 0 Å². The van der Waals surface area contributed by atoms with Crippen molar-refractivity contribution < 1.29 is 23.0 Å². The fourth-order valence-electron chi connectivity index (χ4n) is 3.08. The largest absolute Gasteiger partial charge is 0.472 e. The highest BCUT2D eigenvalue weighted by atomic mass is 31.2. The highest BCUT2D eigenvalue weighted by molar-refractivity contribution is 7.47. The molecule has 1 unspecified atom stereocenters. The first-order valence-corrected chi connectivity index (χ1v) is 13.3. The Morgan fingerprint density at radius 2 is 1.07 bits per heavy atom. The standard InChI is InChI=1S/C22H48NO4P/c1-5-7-8-9-10-11-12-13-14-15-16-17-18-19-21-26-28(24,25)27-22-20-23(3,4)6-2/h5-22H2,1-4H3/p+1. The lowest BCUT2D eigenvalue weighted by molar-refractivity contribution is -0.888. The molecule has 0 aromatic carbocycles. The maximum Gasteiger partial charge on any atom is 0.472 e. The molecule has 170 valence electrons. The molecule has 0 aromatic rings. The molecule has 0 heterocycles. The van der Waals surface area contributed by atoms with Crippen LogP contribution < -0.4 is 0 Å². The lowest BCUT2D eigenvalue weighted by Gasteiger charge is -2.28. The Kier molecular flexibility index (Phi) is 17.9. The predicted octanol–water partition coefficient (Wildman–Crippen LogP) is 6.70. The van der Waals surface area contributed by atoms with Gasteiger partial charge < -0.3 is 9.38 Å². The van der Waals surface area contributed by atoms with Crippen LogP contribution in [0.1, 0.15) is 104 Å². The molecule has 1 atom stereocenters. The quantitative estimate of drug-likeness (QED) is 0.127. The van der Waals surface area contributed by atoms with Crippen molar-refractivity contribution >= 4 is 7.82 Å². The molecule has 0 bridgehead atoms. The zero-order valence-electron chi connectivity index (χ0n) is 19.3. The van der Waals surface area contributed by atoms with Crippen LogP contribution >= 0.6 is 7.82 Å². The normalized spacial score (nSPS) is 14.3. The fourth-order valence-corrected chi connectivity index (χ4v) is 3.82. The fraction of sp³-hybridized carbons (Fsp3) is 1.00. The van der Waals surface area contributed by atoms with E-state index in [0.717, 1.165) is 23.9 Å². The van der Waals surface area contributed by atoms with Crippen LogP contribution in [0, 0.1) is 0 Å². The maximum absolute atomic E-state index is 11.8. The summed E-state index contributed by atoms with van der Waals surface area (Å²) in [6.45, 7) is 6.56. The number of phosphoric ester groups is 1. The first-order valence-electron chi connectivity index (χ1n) is 11.8. The molecule has 0 rings (SSSR count). The minimum absolute atomic E-state index is 0.243. The van der Waals surface area contributed by atoms with Gasteiger partial charge in [0.2, 0.25) is 0 Å². The molecule has 0 aliphatic rings. The lowest BCUT2D eigenvalue weighted by atomic mass is 10.0. The van der Waals surface area contributed by atoms with E-state index in [4.69, 9.17) is 9.05 Å². The van der Waals surface area contributed by atoms with Gasteiger partial charge in [0.25, 0.3) is 0 Å². The third-order valence-electron chi connectivity index (χ3n) is 5.56. The molecule has 0 aliphatic carbocycles. The number of unbranched alkanes of at least 4 members (excludes halogenated alkanes) is 13. The monoisotopic (exact) mass is 422 g/mol. The molecule has 0 radical (unpaired) electrons. The second-order valence-electron chi connectivity index (χ2n) is 8.71. The van der Waals surface area contributed by atoms with Crippen molar-refractivity contribution in [2.45, 2.75) is 104 Å². The SMILES string of the molecule is CCCCCCCCCCCCCCCCOP(=O)(O)OCC[N+](C)(C)CC. The number of quaternary nitrogens is 1. The van der Waals surface area contributed by atoms with Crippen LogP contribution in [0.4, 0.5) is 0 Å². The molecule has 1 N–H and O–H groups in total. The highest BCUT2D eigenvalue weighted by Gasteiger charge is 2.22. The molecule has 5 nitrogen and oxygen atoms in total. The van der Waals surface area contributed by atoms with Crippen molar-refractivity contribution in [1.82, 2.24) is 0 Å². The average molecular weight is 423 g/mol. The van der Waals surface area contributed by atoms with Crippen LogP contribution in [-0.4, -0.2) is 49.8 Å². The van der Waals surface area contributed by atoms with Crippen LogP contribution in [0.3, 0.4) is 0 Å². The van der Waals surface area contributed by atoms with Crippen LogP contribution in [0.2, 0.25) is 0 Å². The number of hydrogen-bond acceptors (Lipinski definition) is 3. The van der Waals surface area contributed by atoms with E-state index in [2.05, 4.69) is 27.9 Å². The minimum Gasteiger partial charge on any atom is -0.327 e. The molecule has 6 heteroatoms.